The van der Waals surface area contributed by atoms with Crippen molar-refractivity contribution in [3.05, 3.63) is 66.7 Å². The van der Waals surface area contributed by atoms with Crippen LogP contribution in [0.5, 0.6) is 11.5 Å². The zero-order chi connectivity index (χ0) is 19.9. The Morgan fingerprint density at radius 3 is 1.93 bits per heavy atom. The molecule has 3 heteroatoms. The number of rotatable bonds is 4. The molecule has 0 bridgehead atoms. The van der Waals surface area contributed by atoms with Gasteiger partial charge in [-0.05, 0) is 51.4 Å². The van der Waals surface area contributed by atoms with E-state index in [4.69, 9.17) is 0 Å². The molecule has 0 radical (unpaired) electrons. The fourth-order valence-corrected chi connectivity index (χ4v) is 5.99. The van der Waals surface area contributed by atoms with Crippen LogP contribution in [0.3, 0.4) is 0 Å². The zero-order valence-corrected chi connectivity index (χ0v) is 17.4. The molecule has 0 aliphatic heterocycles. The summed E-state index contributed by atoms with van der Waals surface area (Å²) in [7, 11) is -1.14. The molecule has 144 valence electrons. The Morgan fingerprint density at radius 2 is 1.29 bits per heavy atom. The third kappa shape index (κ3) is 2.82. The van der Waals surface area contributed by atoms with E-state index in [1.54, 1.807) is 6.07 Å². The van der Waals surface area contributed by atoms with Crippen LogP contribution in [-0.2, 0) is 0 Å². The third-order valence-corrected chi connectivity index (χ3v) is 9.87. The fraction of sp³-hybridized carbons (Fsp3) is 0.200. The molecule has 0 aliphatic carbocycles. The average Bonchev–Trinajstić information content (AvgIpc) is 2.73. The minimum atomic E-state index is -1.14. The maximum atomic E-state index is 11.5. The van der Waals surface area contributed by atoms with E-state index in [0.717, 1.165) is 43.5 Å². The van der Waals surface area contributed by atoms with E-state index < -0.39 is 10.0 Å². The monoisotopic (exact) mass is 390 g/mol. The summed E-state index contributed by atoms with van der Waals surface area (Å²) in [5, 5.41) is 26.4. The highest BCUT2D eigenvalue weighted by atomic mass is 32.3. The molecule has 28 heavy (non-hydrogen) atoms. The number of aromatic hydroxyl groups is 2. The first-order chi connectivity index (χ1) is 13.5. The Morgan fingerprint density at radius 1 is 0.714 bits per heavy atom. The standard InChI is InChI=1S/C25H26O2S/c1-4-28(3,5-2)22-16-18-11-7-9-13-20(18)24(25(22)27)23-19-12-8-6-10-17(19)14-15-21(23)26/h6-16,26-27H,4-5H2,1-3H3. The van der Waals surface area contributed by atoms with Crippen molar-refractivity contribution in [1.82, 2.24) is 0 Å². The molecule has 0 spiro atoms. The third-order valence-electron chi connectivity index (χ3n) is 5.95. The van der Waals surface area contributed by atoms with Gasteiger partial charge in [-0.2, -0.15) is 0 Å². The highest BCUT2D eigenvalue weighted by Gasteiger charge is 2.26. The number of hydrogen-bond donors (Lipinski definition) is 2. The summed E-state index contributed by atoms with van der Waals surface area (Å²) in [6.07, 6.45) is 2.28. The lowest BCUT2D eigenvalue weighted by Crippen LogP contribution is -2.05. The Labute approximate surface area is 167 Å². The molecule has 0 fully saturated rings. The van der Waals surface area contributed by atoms with Crippen molar-refractivity contribution in [1.29, 1.82) is 0 Å². The zero-order valence-electron chi connectivity index (χ0n) is 16.6. The van der Waals surface area contributed by atoms with Gasteiger partial charge in [0.25, 0.3) is 0 Å². The Bertz CT molecular complexity index is 1180. The van der Waals surface area contributed by atoms with Crippen molar-refractivity contribution >= 4 is 31.6 Å². The van der Waals surface area contributed by atoms with Crippen molar-refractivity contribution in [2.75, 3.05) is 17.8 Å². The summed E-state index contributed by atoms with van der Waals surface area (Å²) in [4.78, 5) is 1.03. The van der Waals surface area contributed by atoms with Crippen molar-refractivity contribution in [2.45, 2.75) is 18.7 Å². The van der Waals surface area contributed by atoms with E-state index in [-0.39, 0.29) is 5.75 Å². The van der Waals surface area contributed by atoms with Crippen molar-refractivity contribution < 1.29 is 10.2 Å². The summed E-state index contributed by atoms with van der Waals surface area (Å²) in [6, 6.07) is 21.9. The predicted octanol–water partition coefficient (Wildman–Crippen LogP) is 6.90. The number of benzene rings is 4. The van der Waals surface area contributed by atoms with Gasteiger partial charge in [-0.15, -0.1) is 0 Å². The van der Waals surface area contributed by atoms with Crippen LogP contribution in [0, 0.1) is 0 Å². The van der Waals surface area contributed by atoms with Gasteiger partial charge >= 0.3 is 0 Å². The van der Waals surface area contributed by atoms with Crippen molar-refractivity contribution in [2.24, 2.45) is 0 Å². The van der Waals surface area contributed by atoms with E-state index in [0.29, 0.717) is 11.3 Å². The van der Waals surface area contributed by atoms with Crippen LogP contribution in [0.15, 0.2) is 71.6 Å². The van der Waals surface area contributed by atoms with E-state index in [1.807, 2.05) is 48.5 Å². The summed E-state index contributed by atoms with van der Waals surface area (Å²) in [5.74, 6) is 2.53. The van der Waals surface area contributed by atoms with Gasteiger partial charge in [0.2, 0.25) is 0 Å². The lowest BCUT2D eigenvalue weighted by molar-refractivity contribution is 0.461. The van der Waals surface area contributed by atoms with Gasteiger partial charge in [-0.3, -0.25) is 0 Å². The normalized spacial score (nSPS) is 12.5. The molecule has 0 saturated carbocycles. The quantitative estimate of drug-likeness (QED) is 0.398. The molecule has 0 heterocycles. The second-order valence-corrected chi connectivity index (χ2v) is 11.5. The maximum absolute atomic E-state index is 11.5. The van der Waals surface area contributed by atoms with Crippen LogP contribution >= 0.6 is 10.0 Å². The van der Waals surface area contributed by atoms with Crippen LogP contribution in [0.2, 0.25) is 0 Å². The Kier molecular flexibility index (Phi) is 4.72. The average molecular weight is 391 g/mol. The van der Waals surface area contributed by atoms with Gasteiger partial charge in [-0.25, -0.2) is 10.0 Å². The molecule has 0 aromatic heterocycles. The minimum Gasteiger partial charge on any atom is -0.507 e. The summed E-state index contributed by atoms with van der Waals surface area (Å²) in [5.41, 5.74) is 1.45. The number of fused-ring (bicyclic) bond motifs is 2. The van der Waals surface area contributed by atoms with E-state index in [2.05, 4.69) is 32.2 Å². The smallest absolute Gasteiger partial charge is 0.136 e. The lowest BCUT2D eigenvalue weighted by Gasteiger charge is -2.35. The molecular weight excluding hydrogens is 364 g/mol. The Balaban J connectivity index is 2.20. The molecule has 0 atom stereocenters. The summed E-state index contributed by atoms with van der Waals surface area (Å²) < 4.78 is 0. The summed E-state index contributed by atoms with van der Waals surface area (Å²) >= 11 is 0. The van der Waals surface area contributed by atoms with Gasteiger partial charge < -0.3 is 10.2 Å². The number of phenolic OH excluding ortho intramolecular Hbond substituents is 2. The van der Waals surface area contributed by atoms with Gasteiger partial charge in [0.1, 0.15) is 11.5 Å². The number of hydrogen-bond acceptors (Lipinski definition) is 2. The molecule has 0 saturated heterocycles. The molecule has 4 aromatic carbocycles. The SMILES string of the molecule is CCS(C)(CC)c1cc2ccccc2c(-c2c(O)ccc3ccccc23)c1O. The number of phenols is 2. The second kappa shape index (κ2) is 7.06. The first-order valence-electron chi connectivity index (χ1n) is 9.69. The van der Waals surface area contributed by atoms with E-state index >= 15 is 0 Å². The van der Waals surface area contributed by atoms with Gasteiger partial charge in [-0.1, -0.05) is 68.4 Å². The fourth-order valence-electron chi connectivity index (χ4n) is 3.98. The van der Waals surface area contributed by atoms with Crippen LogP contribution in [0.1, 0.15) is 13.8 Å². The highest BCUT2D eigenvalue weighted by Crippen LogP contribution is 2.59. The van der Waals surface area contributed by atoms with E-state index in [9.17, 15) is 10.2 Å². The van der Waals surface area contributed by atoms with Crippen molar-refractivity contribution in [3.8, 4) is 22.6 Å². The molecule has 4 rings (SSSR count). The molecule has 0 amide bonds. The molecule has 2 nitrogen and oxygen atoms in total. The van der Waals surface area contributed by atoms with Gasteiger partial charge in [0, 0.05) is 16.0 Å². The van der Waals surface area contributed by atoms with Crippen molar-refractivity contribution in [3.63, 3.8) is 0 Å². The minimum absolute atomic E-state index is 0.195. The molecular formula is C25H26O2S. The molecule has 4 aromatic rings. The first-order valence-corrected chi connectivity index (χ1v) is 12.1. The van der Waals surface area contributed by atoms with Crippen LogP contribution in [0.25, 0.3) is 32.7 Å². The predicted molar refractivity (Wildman–Crippen MR) is 123 cm³/mol. The Hall–Kier alpha value is -2.65. The largest absolute Gasteiger partial charge is 0.507 e. The van der Waals surface area contributed by atoms with Crippen LogP contribution in [-0.4, -0.2) is 28.0 Å². The first kappa shape index (κ1) is 18.7. The summed E-state index contributed by atoms with van der Waals surface area (Å²) in [6.45, 7) is 4.39. The topological polar surface area (TPSA) is 40.5 Å². The maximum Gasteiger partial charge on any atom is 0.136 e. The van der Waals surface area contributed by atoms with Crippen LogP contribution < -0.4 is 0 Å². The highest BCUT2D eigenvalue weighted by molar-refractivity contribution is 8.33. The van der Waals surface area contributed by atoms with Crippen LogP contribution in [0.4, 0.5) is 0 Å². The molecule has 0 aliphatic rings. The van der Waals surface area contributed by atoms with Gasteiger partial charge in [0.15, 0.2) is 0 Å². The van der Waals surface area contributed by atoms with Gasteiger partial charge in [0.05, 0.1) is 0 Å². The van der Waals surface area contributed by atoms with E-state index in [1.165, 1.54) is 0 Å². The second-order valence-electron chi connectivity index (χ2n) is 7.35. The molecule has 0 unspecified atom stereocenters. The molecule has 2 N–H and O–H groups in total. The lowest BCUT2D eigenvalue weighted by atomic mass is 9.92.